The number of ether oxygens (including phenoxy) is 1. The molecule has 0 radical (unpaired) electrons. The van der Waals surface area contributed by atoms with E-state index in [0.29, 0.717) is 60.3 Å². The van der Waals surface area contributed by atoms with E-state index in [9.17, 15) is 37.7 Å². The van der Waals surface area contributed by atoms with Gasteiger partial charge in [0.25, 0.3) is 16.8 Å². The van der Waals surface area contributed by atoms with Crippen LogP contribution >= 0.6 is 11.8 Å². The number of morpholine rings is 1. The zero-order valence-corrected chi connectivity index (χ0v) is 19.1. The van der Waals surface area contributed by atoms with Gasteiger partial charge in [-0.2, -0.15) is 0 Å². The van der Waals surface area contributed by atoms with Gasteiger partial charge in [0.2, 0.25) is 5.91 Å². The molecular formula is C22H17F3N4O6S. The van der Waals surface area contributed by atoms with Gasteiger partial charge in [-0.1, -0.05) is 0 Å². The van der Waals surface area contributed by atoms with Crippen molar-refractivity contribution in [1.29, 1.82) is 0 Å². The van der Waals surface area contributed by atoms with Crippen LogP contribution in [0.2, 0.25) is 0 Å². The maximum atomic E-state index is 13.8. The Kier molecular flexibility index (Phi) is 7.26. The Morgan fingerprint density at radius 2 is 1.86 bits per heavy atom. The highest BCUT2D eigenvalue weighted by Crippen LogP contribution is 2.35. The van der Waals surface area contributed by atoms with Crippen LogP contribution in [0.5, 0.6) is 0 Å². The number of hydrogen-bond acceptors (Lipinski definition) is 8. The number of hydrogen-bond donors (Lipinski definition) is 1. The lowest BCUT2D eigenvalue weighted by atomic mass is 10.1. The fourth-order valence-electron chi connectivity index (χ4n) is 3.60. The maximum absolute atomic E-state index is 13.8. The predicted molar refractivity (Wildman–Crippen MR) is 124 cm³/mol. The van der Waals surface area contributed by atoms with Crippen molar-refractivity contribution in [3.8, 4) is 0 Å². The first-order valence-corrected chi connectivity index (χ1v) is 11.3. The zero-order valence-electron chi connectivity index (χ0n) is 18.3. The molecule has 0 spiro atoms. The zero-order chi connectivity index (χ0) is 26.0. The maximum Gasteiger partial charge on any atom is 0.294 e. The first kappa shape index (κ1) is 25.2. The number of halogens is 3. The number of thioether (sulfide) groups is 1. The molecule has 2 aromatic rings. The Morgan fingerprint density at radius 1 is 1.14 bits per heavy atom. The highest BCUT2D eigenvalue weighted by atomic mass is 32.2. The van der Waals surface area contributed by atoms with Crippen LogP contribution < -0.4 is 10.2 Å². The third-order valence-electron chi connectivity index (χ3n) is 5.34. The van der Waals surface area contributed by atoms with E-state index in [4.69, 9.17) is 4.74 Å². The van der Waals surface area contributed by atoms with Crippen LogP contribution in [0.25, 0.3) is 6.08 Å². The van der Waals surface area contributed by atoms with Crippen molar-refractivity contribution >= 4 is 52.0 Å². The van der Waals surface area contributed by atoms with Crippen molar-refractivity contribution in [2.45, 2.75) is 0 Å². The molecule has 0 bridgehead atoms. The van der Waals surface area contributed by atoms with E-state index in [1.807, 2.05) is 10.2 Å². The topological polar surface area (TPSA) is 122 Å². The van der Waals surface area contributed by atoms with E-state index in [1.165, 1.54) is 18.2 Å². The molecule has 2 fully saturated rings. The molecule has 2 aliphatic rings. The molecule has 0 unspecified atom stereocenters. The minimum absolute atomic E-state index is 0.0817. The molecule has 3 amide bonds. The lowest BCUT2D eigenvalue weighted by Gasteiger charge is -2.30. The van der Waals surface area contributed by atoms with E-state index >= 15 is 0 Å². The largest absolute Gasteiger partial charge is 0.378 e. The Hall–Kier alpha value is -3.91. The van der Waals surface area contributed by atoms with Crippen molar-refractivity contribution in [3.63, 3.8) is 0 Å². The number of benzene rings is 2. The second kappa shape index (κ2) is 10.4. The van der Waals surface area contributed by atoms with Crippen LogP contribution in [0.1, 0.15) is 5.56 Å². The Morgan fingerprint density at radius 3 is 2.56 bits per heavy atom. The fraction of sp³-hybridized carbons (Fsp3) is 0.227. The number of anilines is 2. The molecule has 0 atom stereocenters. The summed E-state index contributed by atoms with van der Waals surface area (Å²) in [5, 5.41) is 12.5. The van der Waals surface area contributed by atoms with E-state index in [0.717, 1.165) is 6.07 Å². The molecule has 0 saturated carbocycles. The number of nitrogens with zero attached hydrogens (tertiary/aromatic N) is 3. The first-order valence-electron chi connectivity index (χ1n) is 10.5. The molecule has 36 heavy (non-hydrogen) atoms. The summed E-state index contributed by atoms with van der Waals surface area (Å²) in [6.45, 7) is 1.11. The van der Waals surface area contributed by atoms with Gasteiger partial charge in [0.05, 0.1) is 28.7 Å². The van der Waals surface area contributed by atoms with E-state index in [-0.39, 0.29) is 10.6 Å². The van der Waals surface area contributed by atoms with E-state index in [1.54, 1.807) is 6.07 Å². The molecule has 1 N–H and O–H groups in total. The van der Waals surface area contributed by atoms with Crippen LogP contribution in [0, 0.1) is 27.6 Å². The van der Waals surface area contributed by atoms with Crippen LogP contribution in [-0.2, 0) is 14.3 Å². The minimum atomic E-state index is -1.78. The second-order valence-corrected chi connectivity index (χ2v) is 8.63. The summed E-state index contributed by atoms with van der Waals surface area (Å²) in [6, 6.07) is 5.56. The molecule has 2 aliphatic heterocycles. The van der Waals surface area contributed by atoms with Crippen molar-refractivity contribution < 1.29 is 37.2 Å². The number of rotatable bonds is 6. The first-order chi connectivity index (χ1) is 17.2. The molecule has 4 rings (SSSR count). The van der Waals surface area contributed by atoms with Gasteiger partial charge in [-0.15, -0.1) is 0 Å². The van der Waals surface area contributed by atoms with Crippen LogP contribution in [0.4, 0.5) is 35.0 Å². The highest BCUT2D eigenvalue weighted by molar-refractivity contribution is 8.18. The Labute approximate surface area is 205 Å². The summed E-state index contributed by atoms with van der Waals surface area (Å²) in [7, 11) is 0. The number of nitro benzene ring substituents is 1. The van der Waals surface area contributed by atoms with Gasteiger partial charge < -0.3 is 15.0 Å². The van der Waals surface area contributed by atoms with Crippen LogP contribution in [0.3, 0.4) is 0 Å². The molecule has 2 heterocycles. The lowest BCUT2D eigenvalue weighted by Crippen LogP contribution is -2.37. The molecule has 2 saturated heterocycles. The standard InChI is InChI=1S/C22H17F3N4O6S/c23-14-2-3-15(20(25)19(14)24)26-18(30)11-28-21(31)17(36-22(28)32)10-12-9-13(29(33)34)1-4-16(12)27-5-7-35-8-6-27/h1-4,9-10H,5-8,11H2,(H,26,30)/b17-10-. The highest BCUT2D eigenvalue weighted by Gasteiger charge is 2.37. The van der Waals surface area contributed by atoms with Gasteiger partial charge in [0.1, 0.15) is 6.54 Å². The summed E-state index contributed by atoms with van der Waals surface area (Å²) >= 11 is 0.524. The van der Waals surface area contributed by atoms with Gasteiger partial charge in [0.15, 0.2) is 17.5 Å². The van der Waals surface area contributed by atoms with Gasteiger partial charge in [-0.25, -0.2) is 13.2 Å². The summed E-state index contributed by atoms with van der Waals surface area (Å²) < 4.78 is 45.6. The number of nitro groups is 1. The number of amides is 3. The van der Waals surface area contributed by atoms with E-state index in [2.05, 4.69) is 0 Å². The Balaban J connectivity index is 1.56. The van der Waals surface area contributed by atoms with Gasteiger partial charge in [-0.3, -0.25) is 29.4 Å². The minimum Gasteiger partial charge on any atom is -0.378 e. The monoisotopic (exact) mass is 522 g/mol. The number of imide groups is 1. The Bertz CT molecular complexity index is 1300. The van der Waals surface area contributed by atoms with Crippen LogP contribution in [-0.4, -0.2) is 59.7 Å². The summed E-state index contributed by atoms with van der Waals surface area (Å²) in [6.07, 6.45) is 1.33. The molecule has 10 nitrogen and oxygen atoms in total. The smallest absolute Gasteiger partial charge is 0.294 e. The van der Waals surface area contributed by atoms with Crippen molar-refractivity contribution in [3.05, 3.63) is 68.4 Å². The molecule has 188 valence electrons. The summed E-state index contributed by atoms with van der Waals surface area (Å²) in [4.78, 5) is 50.7. The second-order valence-electron chi connectivity index (χ2n) is 7.64. The molecule has 2 aromatic carbocycles. The molecule has 14 heteroatoms. The SMILES string of the molecule is O=C(CN1C(=O)S/C(=C\c2cc([N+](=O)[O-])ccc2N2CCOCC2)C1=O)Nc1ccc(F)c(F)c1F. The van der Waals surface area contributed by atoms with Crippen molar-refractivity contribution in [1.82, 2.24) is 4.90 Å². The quantitative estimate of drug-likeness (QED) is 0.265. The van der Waals surface area contributed by atoms with Gasteiger partial charge in [0, 0.05) is 36.5 Å². The summed E-state index contributed by atoms with van der Waals surface area (Å²) in [5.74, 6) is -6.72. The summed E-state index contributed by atoms with van der Waals surface area (Å²) in [5.41, 5.74) is 0.0470. The normalized spacial score (nSPS) is 17.1. The van der Waals surface area contributed by atoms with Crippen molar-refractivity contribution in [2.24, 2.45) is 0 Å². The number of carbonyl (C=O) groups is 3. The van der Waals surface area contributed by atoms with Gasteiger partial charge >= 0.3 is 0 Å². The van der Waals surface area contributed by atoms with Gasteiger partial charge in [-0.05, 0) is 36.0 Å². The molecule has 0 aliphatic carbocycles. The third kappa shape index (κ3) is 5.18. The number of carbonyl (C=O) groups excluding carboxylic acids is 3. The third-order valence-corrected chi connectivity index (χ3v) is 6.25. The average Bonchev–Trinajstić information content (AvgIpc) is 3.12. The number of nitrogens with one attached hydrogen (secondary N) is 1. The average molecular weight is 522 g/mol. The molecule has 0 aromatic heterocycles. The fourth-order valence-corrected chi connectivity index (χ4v) is 4.43. The molecular weight excluding hydrogens is 505 g/mol. The van der Waals surface area contributed by atoms with E-state index < -0.39 is 51.7 Å². The lowest BCUT2D eigenvalue weighted by molar-refractivity contribution is -0.384. The predicted octanol–water partition coefficient (Wildman–Crippen LogP) is 3.52. The van der Waals surface area contributed by atoms with Crippen LogP contribution in [0.15, 0.2) is 35.2 Å². The number of non-ortho nitro benzene ring substituents is 1. The van der Waals surface area contributed by atoms with Crippen molar-refractivity contribution in [2.75, 3.05) is 43.1 Å².